The van der Waals surface area contributed by atoms with Crippen LogP contribution in [0.3, 0.4) is 0 Å². The molecule has 0 spiro atoms. The van der Waals surface area contributed by atoms with Gasteiger partial charge in [0, 0.05) is 38.4 Å². The maximum Gasteiger partial charge on any atom is 0.194 e. The van der Waals surface area contributed by atoms with E-state index >= 15 is 0 Å². The molecule has 1 aliphatic heterocycles. The van der Waals surface area contributed by atoms with E-state index in [-0.39, 0.29) is 0 Å². The summed E-state index contributed by atoms with van der Waals surface area (Å²) in [7, 11) is 1.70. The molecule has 134 valence electrons. The number of hydrogen-bond donors (Lipinski definition) is 1. The van der Waals surface area contributed by atoms with E-state index in [1.807, 2.05) is 25.1 Å². The highest BCUT2D eigenvalue weighted by Gasteiger charge is 2.24. The largest absolute Gasteiger partial charge is 0.382 e. The van der Waals surface area contributed by atoms with Crippen molar-refractivity contribution in [1.29, 1.82) is 0 Å². The Morgan fingerprint density at radius 2 is 2.29 bits per heavy atom. The maximum absolute atomic E-state index is 5.67. The molecule has 0 saturated carbocycles. The minimum atomic E-state index is 0.558. The van der Waals surface area contributed by atoms with Crippen LogP contribution in [0.15, 0.2) is 23.2 Å². The average molecular weight is 334 g/mol. The minimum absolute atomic E-state index is 0.558. The number of aliphatic imine (C=N–C) groups is 1. The van der Waals surface area contributed by atoms with E-state index in [1.54, 1.807) is 7.11 Å². The molecule has 1 aliphatic rings. The van der Waals surface area contributed by atoms with Gasteiger partial charge in [0.15, 0.2) is 5.96 Å². The number of pyridine rings is 1. The first kappa shape index (κ1) is 18.7. The van der Waals surface area contributed by atoms with Crippen LogP contribution in [0.25, 0.3) is 0 Å². The maximum atomic E-state index is 5.67. The number of aryl methyl sites for hydroxylation is 1. The summed E-state index contributed by atoms with van der Waals surface area (Å²) >= 11 is 0. The monoisotopic (exact) mass is 334 g/mol. The number of methoxy groups -OCH3 is 1. The molecule has 2 heterocycles. The molecule has 1 saturated heterocycles. The van der Waals surface area contributed by atoms with Crippen molar-refractivity contribution in [2.75, 3.05) is 46.6 Å². The SMILES string of the molecule is CCNC(=NCc1cccc(C)n1)N1CCC(COCCOC)C1. The molecule has 2 rings (SSSR count). The molecule has 6 nitrogen and oxygen atoms in total. The van der Waals surface area contributed by atoms with E-state index < -0.39 is 0 Å². The third-order valence-corrected chi connectivity index (χ3v) is 4.04. The van der Waals surface area contributed by atoms with Gasteiger partial charge in [-0.1, -0.05) is 6.07 Å². The molecule has 24 heavy (non-hydrogen) atoms. The van der Waals surface area contributed by atoms with E-state index in [0.717, 1.165) is 50.0 Å². The standard InChI is InChI=1S/C18H30N4O2/c1-4-19-18(20-12-17-7-5-6-15(2)21-17)22-9-8-16(13-22)14-24-11-10-23-3/h5-7,16H,4,8-14H2,1-3H3,(H,19,20). The lowest BCUT2D eigenvalue weighted by atomic mass is 10.1. The average Bonchev–Trinajstić information content (AvgIpc) is 3.04. The smallest absolute Gasteiger partial charge is 0.194 e. The van der Waals surface area contributed by atoms with Crippen LogP contribution in [-0.4, -0.2) is 62.4 Å². The van der Waals surface area contributed by atoms with Gasteiger partial charge in [-0.05, 0) is 32.4 Å². The minimum Gasteiger partial charge on any atom is -0.382 e. The van der Waals surface area contributed by atoms with Crippen LogP contribution in [-0.2, 0) is 16.0 Å². The summed E-state index contributed by atoms with van der Waals surface area (Å²) in [5, 5.41) is 3.39. The normalized spacial score (nSPS) is 18.2. The lowest BCUT2D eigenvalue weighted by Crippen LogP contribution is -2.40. The van der Waals surface area contributed by atoms with Crippen molar-refractivity contribution in [3.63, 3.8) is 0 Å². The zero-order valence-corrected chi connectivity index (χ0v) is 15.1. The van der Waals surface area contributed by atoms with Crippen molar-refractivity contribution in [2.45, 2.75) is 26.8 Å². The van der Waals surface area contributed by atoms with Crippen LogP contribution in [0, 0.1) is 12.8 Å². The van der Waals surface area contributed by atoms with Crippen molar-refractivity contribution >= 4 is 5.96 Å². The lowest BCUT2D eigenvalue weighted by Gasteiger charge is -2.21. The Morgan fingerprint density at radius 1 is 1.42 bits per heavy atom. The van der Waals surface area contributed by atoms with E-state index in [4.69, 9.17) is 14.5 Å². The Kier molecular flexibility index (Phi) is 7.98. The number of likely N-dealkylation sites (tertiary alicyclic amines) is 1. The molecule has 0 aromatic carbocycles. The molecule has 6 heteroatoms. The first-order valence-corrected chi connectivity index (χ1v) is 8.75. The number of nitrogens with zero attached hydrogens (tertiary/aromatic N) is 3. The quantitative estimate of drug-likeness (QED) is 0.447. The van der Waals surface area contributed by atoms with E-state index in [9.17, 15) is 0 Å². The highest BCUT2D eigenvalue weighted by atomic mass is 16.5. The summed E-state index contributed by atoms with van der Waals surface area (Å²) in [4.78, 5) is 11.6. The van der Waals surface area contributed by atoms with Gasteiger partial charge in [-0.15, -0.1) is 0 Å². The number of hydrogen-bond acceptors (Lipinski definition) is 4. The van der Waals surface area contributed by atoms with Gasteiger partial charge >= 0.3 is 0 Å². The number of rotatable bonds is 8. The number of guanidine groups is 1. The van der Waals surface area contributed by atoms with E-state index in [0.29, 0.717) is 25.7 Å². The Hall–Kier alpha value is -1.66. The topological polar surface area (TPSA) is 59.0 Å². The molecular formula is C18H30N4O2. The van der Waals surface area contributed by atoms with E-state index in [2.05, 4.69) is 22.1 Å². The van der Waals surface area contributed by atoms with Crippen molar-refractivity contribution in [2.24, 2.45) is 10.9 Å². The van der Waals surface area contributed by atoms with Gasteiger partial charge in [0.05, 0.1) is 32.1 Å². The van der Waals surface area contributed by atoms with Crippen LogP contribution < -0.4 is 5.32 Å². The van der Waals surface area contributed by atoms with Crippen molar-refractivity contribution in [3.05, 3.63) is 29.6 Å². The molecule has 0 aliphatic carbocycles. The van der Waals surface area contributed by atoms with Crippen LogP contribution in [0.1, 0.15) is 24.7 Å². The van der Waals surface area contributed by atoms with Crippen LogP contribution >= 0.6 is 0 Å². The predicted octanol–water partition coefficient (Wildman–Crippen LogP) is 1.84. The molecule has 1 aromatic heterocycles. The van der Waals surface area contributed by atoms with Gasteiger partial charge in [-0.3, -0.25) is 4.98 Å². The summed E-state index contributed by atoms with van der Waals surface area (Å²) in [5.41, 5.74) is 2.03. The van der Waals surface area contributed by atoms with Gasteiger partial charge in [-0.2, -0.15) is 0 Å². The summed E-state index contributed by atoms with van der Waals surface area (Å²) in [5.74, 6) is 1.53. The van der Waals surface area contributed by atoms with E-state index in [1.165, 1.54) is 0 Å². The molecule has 0 radical (unpaired) electrons. The van der Waals surface area contributed by atoms with Crippen LogP contribution in [0.2, 0.25) is 0 Å². The third-order valence-electron chi connectivity index (χ3n) is 4.04. The molecule has 1 fully saturated rings. The molecule has 1 N–H and O–H groups in total. The van der Waals surface area contributed by atoms with Gasteiger partial charge < -0.3 is 19.7 Å². The summed E-state index contributed by atoms with van der Waals surface area (Å²) < 4.78 is 10.7. The first-order valence-electron chi connectivity index (χ1n) is 8.75. The highest BCUT2D eigenvalue weighted by Crippen LogP contribution is 2.17. The summed E-state index contributed by atoms with van der Waals surface area (Å²) in [6, 6.07) is 6.06. The van der Waals surface area contributed by atoms with Crippen LogP contribution in [0.4, 0.5) is 0 Å². The van der Waals surface area contributed by atoms with Gasteiger partial charge in [0.2, 0.25) is 0 Å². The molecule has 0 amide bonds. The predicted molar refractivity (Wildman–Crippen MR) is 96.2 cm³/mol. The second-order valence-corrected chi connectivity index (χ2v) is 6.11. The molecule has 1 atom stereocenters. The second-order valence-electron chi connectivity index (χ2n) is 6.11. The molecule has 0 bridgehead atoms. The first-order chi connectivity index (χ1) is 11.7. The van der Waals surface area contributed by atoms with Gasteiger partial charge in [-0.25, -0.2) is 4.99 Å². The van der Waals surface area contributed by atoms with Gasteiger partial charge in [0.25, 0.3) is 0 Å². The Morgan fingerprint density at radius 3 is 3.04 bits per heavy atom. The Bertz CT molecular complexity index is 521. The molecule has 1 unspecified atom stereocenters. The third kappa shape index (κ3) is 6.09. The van der Waals surface area contributed by atoms with Crippen molar-refractivity contribution in [1.82, 2.24) is 15.2 Å². The Balaban J connectivity index is 1.87. The number of aromatic nitrogens is 1. The second kappa shape index (κ2) is 10.3. The van der Waals surface area contributed by atoms with Crippen LogP contribution in [0.5, 0.6) is 0 Å². The van der Waals surface area contributed by atoms with Crippen molar-refractivity contribution in [3.8, 4) is 0 Å². The fraction of sp³-hybridized carbons (Fsp3) is 0.667. The van der Waals surface area contributed by atoms with Gasteiger partial charge in [0.1, 0.15) is 0 Å². The fourth-order valence-corrected chi connectivity index (χ4v) is 2.82. The molecular weight excluding hydrogens is 304 g/mol. The zero-order valence-electron chi connectivity index (χ0n) is 15.1. The molecule has 1 aromatic rings. The summed E-state index contributed by atoms with van der Waals surface area (Å²) in [6.07, 6.45) is 1.14. The highest BCUT2D eigenvalue weighted by molar-refractivity contribution is 5.80. The Labute approximate surface area is 145 Å². The number of ether oxygens (including phenoxy) is 2. The van der Waals surface area contributed by atoms with Crippen molar-refractivity contribution < 1.29 is 9.47 Å². The summed E-state index contributed by atoms with van der Waals surface area (Å²) in [6.45, 7) is 9.70. The lowest BCUT2D eigenvalue weighted by molar-refractivity contribution is 0.0536. The zero-order chi connectivity index (χ0) is 17.2. The number of nitrogens with one attached hydrogen (secondary N) is 1. The fourth-order valence-electron chi connectivity index (χ4n) is 2.82.